The van der Waals surface area contributed by atoms with Crippen LogP contribution >= 0.6 is 23.8 Å². The number of amides is 1. The van der Waals surface area contributed by atoms with E-state index in [-0.39, 0.29) is 16.4 Å². The fraction of sp³-hybridized carbons (Fsp3) is 0.391. The summed E-state index contributed by atoms with van der Waals surface area (Å²) in [6.45, 7) is 8.50. The van der Waals surface area contributed by atoms with Gasteiger partial charge in [0.1, 0.15) is 0 Å². The first-order valence-corrected chi connectivity index (χ1v) is 10.8. The number of hydrogen-bond donors (Lipinski definition) is 2. The Balaban J connectivity index is 1.60. The fourth-order valence-corrected chi connectivity index (χ4v) is 3.95. The number of nitrogens with zero attached hydrogens (tertiary/aromatic N) is 1. The van der Waals surface area contributed by atoms with Crippen molar-refractivity contribution in [2.24, 2.45) is 0 Å². The summed E-state index contributed by atoms with van der Waals surface area (Å²) in [6.07, 6.45) is 3.67. The molecule has 1 aliphatic heterocycles. The maximum absolute atomic E-state index is 12.5. The Bertz CT molecular complexity index is 884. The van der Waals surface area contributed by atoms with Gasteiger partial charge in [0, 0.05) is 24.3 Å². The largest absolute Gasteiger partial charge is 0.370 e. The Morgan fingerprint density at radius 2 is 1.69 bits per heavy atom. The molecule has 2 aromatic carbocycles. The highest BCUT2D eigenvalue weighted by molar-refractivity contribution is 7.80. The third-order valence-electron chi connectivity index (χ3n) is 5.14. The Morgan fingerprint density at radius 3 is 2.28 bits per heavy atom. The molecule has 0 aromatic heterocycles. The number of thiocarbonyl (C=S) groups is 1. The molecule has 2 N–H and O–H groups in total. The van der Waals surface area contributed by atoms with Gasteiger partial charge in [-0.2, -0.15) is 0 Å². The molecule has 1 saturated heterocycles. The zero-order chi connectivity index (χ0) is 21.0. The monoisotopic (exact) mass is 429 g/mol. The van der Waals surface area contributed by atoms with Gasteiger partial charge in [-0.25, -0.2) is 0 Å². The lowest BCUT2D eigenvalue weighted by Gasteiger charge is -2.29. The number of benzene rings is 2. The first-order chi connectivity index (χ1) is 13.7. The van der Waals surface area contributed by atoms with Gasteiger partial charge in [-0.15, -0.1) is 0 Å². The van der Waals surface area contributed by atoms with Crippen molar-refractivity contribution in [3.05, 3.63) is 58.6 Å². The lowest BCUT2D eigenvalue weighted by atomic mass is 9.87. The third kappa shape index (κ3) is 5.71. The van der Waals surface area contributed by atoms with Crippen LogP contribution < -0.4 is 15.5 Å². The van der Waals surface area contributed by atoms with Crippen LogP contribution in [0.5, 0.6) is 0 Å². The van der Waals surface area contributed by atoms with Gasteiger partial charge in [0.2, 0.25) is 0 Å². The van der Waals surface area contributed by atoms with Crippen molar-refractivity contribution in [3.8, 4) is 0 Å². The minimum Gasteiger partial charge on any atom is -0.370 e. The zero-order valence-electron chi connectivity index (χ0n) is 17.2. The molecule has 0 spiro atoms. The summed E-state index contributed by atoms with van der Waals surface area (Å²) < 4.78 is 0. The molecule has 0 aliphatic carbocycles. The van der Waals surface area contributed by atoms with Gasteiger partial charge in [-0.05, 0) is 72.8 Å². The predicted octanol–water partition coefficient (Wildman–Crippen LogP) is 5.75. The second kappa shape index (κ2) is 9.14. The van der Waals surface area contributed by atoms with E-state index in [4.69, 9.17) is 23.8 Å². The first-order valence-electron chi connectivity index (χ1n) is 10.0. The van der Waals surface area contributed by atoms with Crippen LogP contribution in [0, 0.1) is 0 Å². The van der Waals surface area contributed by atoms with E-state index in [1.54, 1.807) is 0 Å². The van der Waals surface area contributed by atoms with E-state index >= 15 is 0 Å². The summed E-state index contributed by atoms with van der Waals surface area (Å²) in [4.78, 5) is 14.8. The number of carbonyl (C=O) groups is 1. The molecule has 4 nitrogen and oxygen atoms in total. The molecule has 1 aliphatic rings. The van der Waals surface area contributed by atoms with E-state index in [9.17, 15) is 4.79 Å². The van der Waals surface area contributed by atoms with Crippen molar-refractivity contribution in [3.63, 3.8) is 0 Å². The van der Waals surface area contributed by atoms with Crippen molar-refractivity contribution in [2.45, 2.75) is 45.4 Å². The van der Waals surface area contributed by atoms with Gasteiger partial charge in [0.05, 0.1) is 10.7 Å². The average Bonchev–Trinajstić information content (AvgIpc) is 2.68. The van der Waals surface area contributed by atoms with E-state index < -0.39 is 0 Å². The van der Waals surface area contributed by atoms with Crippen LogP contribution in [-0.4, -0.2) is 24.1 Å². The fourth-order valence-electron chi connectivity index (χ4n) is 3.44. The van der Waals surface area contributed by atoms with Gasteiger partial charge in [-0.3, -0.25) is 10.1 Å². The van der Waals surface area contributed by atoms with Gasteiger partial charge in [-0.1, -0.05) is 44.5 Å². The van der Waals surface area contributed by atoms with E-state index in [0.717, 1.165) is 24.5 Å². The molecule has 2 aromatic rings. The second-order valence-corrected chi connectivity index (χ2v) is 9.26. The van der Waals surface area contributed by atoms with Gasteiger partial charge >= 0.3 is 0 Å². The Labute approximate surface area is 183 Å². The third-order valence-corrected chi connectivity index (χ3v) is 5.65. The normalized spacial score (nSPS) is 14.4. The van der Waals surface area contributed by atoms with Crippen molar-refractivity contribution < 1.29 is 4.79 Å². The summed E-state index contributed by atoms with van der Waals surface area (Å²) in [5.74, 6) is -0.237. The number of nitrogens with one attached hydrogen (secondary N) is 2. The number of piperidine rings is 1. The highest BCUT2D eigenvalue weighted by Crippen LogP contribution is 2.30. The van der Waals surface area contributed by atoms with E-state index in [2.05, 4.69) is 36.3 Å². The lowest BCUT2D eigenvalue weighted by Crippen LogP contribution is -2.34. The summed E-state index contributed by atoms with van der Waals surface area (Å²) >= 11 is 11.8. The maximum atomic E-state index is 12.5. The molecule has 0 bridgehead atoms. The standard InChI is InChI=1S/C23H28ClN3OS/c1-23(2,3)17-9-7-16(8-10-17)21(28)26-22(29)25-18-11-12-20(19(24)15-18)27-13-5-4-6-14-27/h7-12,15H,4-6,13-14H2,1-3H3,(H2,25,26,28,29). The Morgan fingerprint density at radius 1 is 1.03 bits per heavy atom. The second-order valence-electron chi connectivity index (χ2n) is 8.45. The van der Waals surface area contributed by atoms with E-state index in [1.807, 2.05) is 42.5 Å². The molecule has 1 heterocycles. The summed E-state index contributed by atoms with van der Waals surface area (Å²) in [5, 5.41) is 6.70. The van der Waals surface area contributed by atoms with Crippen molar-refractivity contribution >= 4 is 46.2 Å². The minimum atomic E-state index is -0.237. The van der Waals surface area contributed by atoms with Crippen LogP contribution in [-0.2, 0) is 5.41 Å². The van der Waals surface area contributed by atoms with Crippen LogP contribution in [0.3, 0.4) is 0 Å². The van der Waals surface area contributed by atoms with Gasteiger partial charge < -0.3 is 10.2 Å². The highest BCUT2D eigenvalue weighted by Gasteiger charge is 2.16. The zero-order valence-corrected chi connectivity index (χ0v) is 18.8. The molecule has 0 saturated carbocycles. The van der Waals surface area contributed by atoms with Crippen LogP contribution in [0.2, 0.25) is 5.02 Å². The number of hydrogen-bond acceptors (Lipinski definition) is 3. The van der Waals surface area contributed by atoms with E-state index in [0.29, 0.717) is 10.6 Å². The van der Waals surface area contributed by atoms with E-state index in [1.165, 1.54) is 24.8 Å². The van der Waals surface area contributed by atoms with Crippen LogP contribution in [0.4, 0.5) is 11.4 Å². The molecule has 1 fully saturated rings. The highest BCUT2D eigenvalue weighted by atomic mass is 35.5. The number of halogens is 1. The molecule has 3 rings (SSSR count). The minimum absolute atomic E-state index is 0.0471. The molecule has 29 heavy (non-hydrogen) atoms. The Kier molecular flexibility index (Phi) is 6.81. The smallest absolute Gasteiger partial charge is 0.257 e. The molecular weight excluding hydrogens is 402 g/mol. The molecule has 0 atom stereocenters. The first kappa shape index (κ1) is 21.6. The topological polar surface area (TPSA) is 44.4 Å². The van der Waals surface area contributed by atoms with Crippen LogP contribution in [0.15, 0.2) is 42.5 Å². The van der Waals surface area contributed by atoms with Crippen molar-refractivity contribution in [1.29, 1.82) is 0 Å². The molecule has 6 heteroatoms. The number of carbonyl (C=O) groups excluding carboxylic acids is 1. The summed E-state index contributed by atoms with van der Waals surface area (Å²) in [7, 11) is 0. The predicted molar refractivity (Wildman–Crippen MR) is 126 cm³/mol. The van der Waals surface area contributed by atoms with Crippen molar-refractivity contribution in [1.82, 2.24) is 5.32 Å². The summed E-state index contributed by atoms with van der Waals surface area (Å²) in [6, 6.07) is 13.4. The molecule has 0 unspecified atom stereocenters. The number of rotatable bonds is 3. The lowest BCUT2D eigenvalue weighted by molar-refractivity contribution is 0.0977. The molecular formula is C23H28ClN3OS. The quantitative estimate of drug-likeness (QED) is 0.609. The van der Waals surface area contributed by atoms with Gasteiger partial charge in [0.15, 0.2) is 5.11 Å². The molecule has 154 valence electrons. The Hall–Kier alpha value is -2.11. The molecule has 0 radical (unpaired) electrons. The van der Waals surface area contributed by atoms with Crippen molar-refractivity contribution in [2.75, 3.05) is 23.3 Å². The SMILES string of the molecule is CC(C)(C)c1ccc(C(=O)NC(=S)Nc2ccc(N3CCCCC3)c(Cl)c2)cc1. The van der Waals surface area contributed by atoms with Crippen LogP contribution in [0.1, 0.15) is 56.0 Å². The molecule has 1 amide bonds. The van der Waals surface area contributed by atoms with Crippen LogP contribution in [0.25, 0.3) is 0 Å². The summed E-state index contributed by atoms with van der Waals surface area (Å²) in [5.41, 5.74) is 3.60. The maximum Gasteiger partial charge on any atom is 0.257 e. The average molecular weight is 430 g/mol. The van der Waals surface area contributed by atoms with Gasteiger partial charge in [0.25, 0.3) is 5.91 Å². The number of anilines is 2.